The Morgan fingerprint density at radius 1 is 0.742 bits per heavy atom. The van der Waals surface area contributed by atoms with Gasteiger partial charge in [0.15, 0.2) is 23.0 Å². The van der Waals surface area contributed by atoms with Gasteiger partial charge in [-0.3, -0.25) is 4.79 Å². The molecule has 3 aromatic rings. The summed E-state index contributed by atoms with van der Waals surface area (Å²) in [7, 11) is 0. The third kappa shape index (κ3) is 2.15. The van der Waals surface area contributed by atoms with Gasteiger partial charge in [0.2, 0.25) is 19.5 Å². The fourth-order valence-electron chi connectivity index (χ4n) is 4.94. The Morgan fingerprint density at radius 3 is 2.35 bits per heavy atom. The highest BCUT2D eigenvalue weighted by Gasteiger charge is 2.57. The van der Waals surface area contributed by atoms with Crippen molar-refractivity contribution in [3.05, 3.63) is 71.3 Å². The Hall–Kier alpha value is -3.87. The summed E-state index contributed by atoms with van der Waals surface area (Å²) >= 11 is 0. The van der Waals surface area contributed by atoms with E-state index in [1.807, 2.05) is 59.5 Å². The molecule has 4 aliphatic heterocycles. The van der Waals surface area contributed by atoms with Gasteiger partial charge in [-0.2, -0.15) is 0 Å². The van der Waals surface area contributed by atoms with Crippen LogP contribution in [0.1, 0.15) is 16.7 Å². The van der Waals surface area contributed by atoms with Crippen LogP contribution in [-0.4, -0.2) is 26.1 Å². The van der Waals surface area contributed by atoms with E-state index in [4.69, 9.17) is 23.7 Å². The van der Waals surface area contributed by atoms with Crippen LogP contribution in [0.4, 0.5) is 5.69 Å². The van der Waals surface area contributed by atoms with Crippen molar-refractivity contribution in [2.75, 3.05) is 25.1 Å². The topological polar surface area (TPSA) is 66.5 Å². The van der Waals surface area contributed by atoms with E-state index in [1.165, 1.54) is 0 Å². The number of benzene rings is 3. The summed E-state index contributed by atoms with van der Waals surface area (Å²) in [5.74, 6) is 3.37. The molecule has 0 saturated carbocycles. The lowest BCUT2D eigenvalue weighted by Gasteiger charge is -2.23. The molecule has 1 amide bonds. The molecule has 0 saturated heterocycles. The molecule has 4 aliphatic rings. The Labute approximate surface area is 177 Å². The van der Waals surface area contributed by atoms with Crippen LogP contribution in [0.3, 0.4) is 0 Å². The smallest absolute Gasteiger partial charge is 0.246 e. The van der Waals surface area contributed by atoms with Crippen molar-refractivity contribution < 1.29 is 28.5 Å². The first kappa shape index (κ1) is 16.9. The number of fused-ring (bicyclic) bond motifs is 6. The molecule has 0 N–H and O–H groups in total. The fourth-order valence-corrected chi connectivity index (χ4v) is 4.94. The number of anilines is 1. The number of para-hydroxylation sites is 1. The van der Waals surface area contributed by atoms with E-state index in [0.29, 0.717) is 29.5 Å². The molecular weight excluding hydrogens is 398 g/mol. The molecule has 3 aromatic carbocycles. The molecule has 4 heterocycles. The molecule has 0 radical (unpaired) electrons. The summed E-state index contributed by atoms with van der Waals surface area (Å²) in [5.41, 5.74) is 2.72. The molecule has 1 unspecified atom stereocenters. The van der Waals surface area contributed by atoms with Gasteiger partial charge in [0.25, 0.3) is 0 Å². The van der Waals surface area contributed by atoms with Gasteiger partial charge >= 0.3 is 0 Å². The lowest BCUT2D eigenvalue weighted by Crippen LogP contribution is -2.42. The van der Waals surface area contributed by atoms with E-state index in [9.17, 15) is 4.79 Å². The van der Waals surface area contributed by atoms with Gasteiger partial charge in [-0.1, -0.05) is 24.3 Å². The second-order valence-electron chi connectivity index (χ2n) is 7.99. The van der Waals surface area contributed by atoms with Gasteiger partial charge in [0.1, 0.15) is 17.8 Å². The molecule has 0 aliphatic carbocycles. The van der Waals surface area contributed by atoms with E-state index < -0.39 is 5.41 Å². The molecule has 7 heteroatoms. The number of hydrogen-bond acceptors (Lipinski definition) is 6. The van der Waals surface area contributed by atoms with Crippen LogP contribution in [0, 0.1) is 0 Å². The number of hydrogen-bond donors (Lipinski definition) is 0. The maximum Gasteiger partial charge on any atom is 0.246 e. The Bertz CT molecular complexity index is 1270. The van der Waals surface area contributed by atoms with Crippen molar-refractivity contribution in [2.45, 2.75) is 12.0 Å². The van der Waals surface area contributed by atoms with Gasteiger partial charge in [0.05, 0.1) is 6.54 Å². The second kappa shape index (κ2) is 5.85. The summed E-state index contributed by atoms with van der Waals surface area (Å²) in [6.07, 6.45) is 0. The third-order valence-electron chi connectivity index (χ3n) is 6.42. The van der Waals surface area contributed by atoms with Gasteiger partial charge in [0, 0.05) is 17.3 Å². The normalized spacial score (nSPS) is 21.4. The average molecular weight is 415 g/mol. The van der Waals surface area contributed by atoms with E-state index in [2.05, 4.69) is 0 Å². The Balaban J connectivity index is 1.34. The molecule has 7 nitrogen and oxygen atoms in total. The van der Waals surface area contributed by atoms with Crippen LogP contribution in [0.25, 0.3) is 0 Å². The quantitative estimate of drug-likeness (QED) is 0.640. The third-order valence-corrected chi connectivity index (χ3v) is 6.42. The average Bonchev–Trinajstić information content (AvgIpc) is 3.56. The fraction of sp³-hybridized carbons (Fsp3) is 0.208. The van der Waals surface area contributed by atoms with Crippen LogP contribution in [-0.2, 0) is 16.8 Å². The zero-order valence-corrected chi connectivity index (χ0v) is 16.4. The maximum absolute atomic E-state index is 14.0. The van der Waals surface area contributed by atoms with Crippen molar-refractivity contribution >= 4 is 11.6 Å². The van der Waals surface area contributed by atoms with E-state index in [0.717, 1.165) is 28.1 Å². The number of nitrogens with zero attached hydrogens (tertiary/aromatic N) is 1. The molecule has 0 bridgehead atoms. The lowest BCUT2D eigenvalue weighted by molar-refractivity contribution is -0.122. The molecule has 1 atom stereocenters. The van der Waals surface area contributed by atoms with Crippen molar-refractivity contribution in [3.8, 4) is 28.7 Å². The van der Waals surface area contributed by atoms with Crippen LogP contribution >= 0.6 is 0 Å². The van der Waals surface area contributed by atoms with Crippen molar-refractivity contribution in [1.29, 1.82) is 0 Å². The standard InChI is InChI=1S/C24H17NO6/c26-23-24(11-27-19-9-22-21(8-16(19)24)30-13-31-22)15-3-1-2-4-17(15)25(23)10-14-5-6-18-20(7-14)29-12-28-18/h1-9H,10-13H2. The molecule has 0 fully saturated rings. The second-order valence-corrected chi connectivity index (χ2v) is 7.99. The zero-order valence-electron chi connectivity index (χ0n) is 16.4. The number of carbonyl (C=O) groups is 1. The number of ether oxygens (including phenoxy) is 5. The zero-order chi connectivity index (χ0) is 20.6. The van der Waals surface area contributed by atoms with Crippen molar-refractivity contribution in [2.24, 2.45) is 0 Å². The molecule has 154 valence electrons. The first-order chi connectivity index (χ1) is 15.2. The van der Waals surface area contributed by atoms with E-state index in [-0.39, 0.29) is 26.1 Å². The number of amides is 1. The summed E-state index contributed by atoms with van der Waals surface area (Å²) in [5, 5.41) is 0. The molecule has 7 rings (SSSR count). The molecule has 31 heavy (non-hydrogen) atoms. The van der Waals surface area contributed by atoms with Gasteiger partial charge in [-0.05, 0) is 35.4 Å². The van der Waals surface area contributed by atoms with Crippen LogP contribution in [0.2, 0.25) is 0 Å². The monoisotopic (exact) mass is 415 g/mol. The minimum absolute atomic E-state index is 0.0102. The first-order valence-electron chi connectivity index (χ1n) is 10.1. The summed E-state index contributed by atoms with van der Waals surface area (Å²) in [6, 6.07) is 17.4. The van der Waals surface area contributed by atoms with Crippen molar-refractivity contribution in [3.63, 3.8) is 0 Å². The number of rotatable bonds is 2. The van der Waals surface area contributed by atoms with E-state index in [1.54, 1.807) is 0 Å². The van der Waals surface area contributed by atoms with Gasteiger partial charge < -0.3 is 28.6 Å². The van der Waals surface area contributed by atoms with Crippen LogP contribution in [0.15, 0.2) is 54.6 Å². The largest absolute Gasteiger partial charge is 0.491 e. The molecular formula is C24H17NO6. The Kier molecular flexibility index (Phi) is 3.18. The highest BCUT2D eigenvalue weighted by Crippen LogP contribution is 2.55. The summed E-state index contributed by atoms with van der Waals surface area (Å²) < 4.78 is 28.0. The Morgan fingerprint density at radius 2 is 1.48 bits per heavy atom. The number of carbonyl (C=O) groups excluding carboxylic acids is 1. The predicted octanol–water partition coefficient (Wildman–Crippen LogP) is 3.37. The van der Waals surface area contributed by atoms with Gasteiger partial charge in [-0.15, -0.1) is 0 Å². The predicted molar refractivity (Wildman–Crippen MR) is 109 cm³/mol. The van der Waals surface area contributed by atoms with E-state index >= 15 is 0 Å². The lowest BCUT2D eigenvalue weighted by atomic mass is 9.77. The van der Waals surface area contributed by atoms with Crippen LogP contribution < -0.4 is 28.6 Å². The highest BCUT2D eigenvalue weighted by molar-refractivity contribution is 6.11. The highest BCUT2D eigenvalue weighted by atomic mass is 16.7. The molecule has 1 spiro atoms. The summed E-state index contributed by atoms with van der Waals surface area (Å²) in [6.45, 7) is 1.07. The molecule has 0 aromatic heterocycles. The van der Waals surface area contributed by atoms with Crippen molar-refractivity contribution in [1.82, 2.24) is 0 Å². The van der Waals surface area contributed by atoms with Gasteiger partial charge in [-0.25, -0.2) is 0 Å². The minimum Gasteiger partial charge on any atom is -0.491 e. The van der Waals surface area contributed by atoms with Crippen LogP contribution in [0.5, 0.6) is 28.7 Å². The SMILES string of the molecule is O=C1N(Cc2ccc3c(c2)OCO3)c2ccccc2C12COc1cc3c(cc12)OCO3. The summed E-state index contributed by atoms with van der Waals surface area (Å²) in [4.78, 5) is 15.8. The first-order valence-corrected chi connectivity index (χ1v) is 10.1. The minimum atomic E-state index is -0.900. The maximum atomic E-state index is 14.0.